The smallest absolute Gasteiger partial charge is 0.282 e. The molecule has 0 bridgehead atoms. The summed E-state index contributed by atoms with van der Waals surface area (Å²) in [7, 11) is -8.67. The van der Waals surface area contributed by atoms with Gasteiger partial charge in [-0.15, -0.1) is 4.33 Å². The average Bonchev–Trinajstić information content (AvgIpc) is 2.86. The maximum atomic E-state index is 11.4. The molecule has 36 heavy (non-hydrogen) atoms. The number of rotatable bonds is 8. The third-order valence-electron chi connectivity index (χ3n) is 5.25. The minimum atomic E-state index is -4.34. The summed E-state index contributed by atoms with van der Waals surface area (Å²) >= 11 is 0.820. The Kier molecular flexibility index (Phi) is 7.59. The molecule has 0 heterocycles. The van der Waals surface area contributed by atoms with Gasteiger partial charge in [-0.25, -0.2) is 5.26 Å². The first-order chi connectivity index (χ1) is 17.0. The van der Waals surface area contributed by atoms with Gasteiger partial charge in [0.1, 0.15) is 0 Å². The van der Waals surface area contributed by atoms with E-state index in [4.69, 9.17) is 5.26 Å². The minimum absolute atomic E-state index is 0.231. The predicted octanol–water partition coefficient (Wildman–Crippen LogP) is 5.61. The van der Waals surface area contributed by atoms with Gasteiger partial charge in [0.05, 0.1) is 21.8 Å². The SMILES string of the molecule is O=S(=O)(O)c1ccc(-c2cc(-c3ccc(SOOO)cc3)cc(-c3ccc(S(=O)(=O)O)cc3)c2)cc1. The van der Waals surface area contributed by atoms with Gasteiger partial charge in [0.2, 0.25) is 0 Å². The van der Waals surface area contributed by atoms with Crippen LogP contribution in [-0.2, 0) is 29.6 Å². The highest BCUT2D eigenvalue weighted by atomic mass is 32.2. The van der Waals surface area contributed by atoms with Crippen LogP contribution in [0.2, 0.25) is 0 Å². The topological polar surface area (TPSA) is 147 Å². The van der Waals surface area contributed by atoms with Crippen LogP contribution in [0.5, 0.6) is 0 Å². The van der Waals surface area contributed by atoms with E-state index < -0.39 is 20.2 Å². The fraction of sp³-hybridized carbons (Fsp3) is 0. The zero-order valence-corrected chi connectivity index (χ0v) is 20.6. The van der Waals surface area contributed by atoms with E-state index >= 15 is 0 Å². The third kappa shape index (κ3) is 6.19. The average molecular weight is 547 g/mol. The summed E-state index contributed by atoms with van der Waals surface area (Å²) in [6.07, 6.45) is 0. The second-order valence-corrected chi connectivity index (χ2v) is 11.2. The quantitative estimate of drug-likeness (QED) is 0.110. The normalized spacial score (nSPS) is 12.0. The van der Waals surface area contributed by atoms with Crippen LogP contribution in [0.4, 0.5) is 0 Å². The molecule has 4 aromatic carbocycles. The first-order valence-electron chi connectivity index (χ1n) is 10.1. The lowest BCUT2D eigenvalue weighted by Gasteiger charge is -2.12. The molecule has 0 radical (unpaired) electrons. The van der Waals surface area contributed by atoms with Crippen molar-refractivity contribution in [2.24, 2.45) is 0 Å². The fourth-order valence-electron chi connectivity index (χ4n) is 3.52. The molecule has 12 heteroatoms. The van der Waals surface area contributed by atoms with Gasteiger partial charge in [-0.05, 0) is 88.0 Å². The van der Waals surface area contributed by atoms with Crippen molar-refractivity contribution in [2.45, 2.75) is 14.7 Å². The molecule has 0 saturated carbocycles. The molecule has 0 amide bonds. The molecule has 0 fully saturated rings. The predicted molar refractivity (Wildman–Crippen MR) is 133 cm³/mol. The number of benzene rings is 4. The molecule has 186 valence electrons. The van der Waals surface area contributed by atoms with Crippen molar-refractivity contribution in [2.75, 3.05) is 0 Å². The molecule has 9 nitrogen and oxygen atoms in total. The van der Waals surface area contributed by atoms with E-state index in [1.807, 2.05) is 30.3 Å². The second kappa shape index (κ2) is 10.5. The van der Waals surface area contributed by atoms with Crippen LogP contribution in [0.15, 0.2) is 106 Å². The molecule has 0 aliphatic heterocycles. The van der Waals surface area contributed by atoms with Crippen LogP contribution in [0.1, 0.15) is 0 Å². The van der Waals surface area contributed by atoms with Crippen LogP contribution < -0.4 is 0 Å². The van der Waals surface area contributed by atoms with Gasteiger partial charge < -0.3 is 0 Å². The Morgan fingerprint density at radius 3 is 1.17 bits per heavy atom. The highest BCUT2D eigenvalue weighted by Crippen LogP contribution is 2.34. The Balaban J connectivity index is 1.81. The molecule has 0 spiro atoms. The summed E-state index contributed by atoms with van der Waals surface area (Å²) in [5, 5.41) is 11.9. The third-order valence-corrected chi connectivity index (χ3v) is 7.58. The van der Waals surface area contributed by atoms with Gasteiger partial charge in [0.15, 0.2) is 0 Å². The lowest BCUT2D eigenvalue weighted by molar-refractivity contribution is -0.432. The van der Waals surface area contributed by atoms with Crippen molar-refractivity contribution < 1.29 is 40.6 Å². The van der Waals surface area contributed by atoms with Gasteiger partial charge in [-0.2, -0.15) is 16.8 Å². The number of hydrogen-bond acceptors (Lipinski definition) is 8. The van der Waals surface area contributed by atoms with Crippen molar-refractivity contribution in [3.05, 3.63) is 91.0 Å². The van der Waals surface area contributed by atoms with Crippen LogP contribution in [0, 0.1) is 0 Å². The minimum Gasteiger partial charge on any atom is -0.282 e. The molecule has 0 aromatic heterocycles. The Bertz CT molecular complexity index is 1490. The molecule has 0 saturated heterocycles. The summed E-state index contributed by atoms with van der Waals surface area (Å²) in [5.41, 5.74) is 4.46. The summed E-state index contributed by atoms with van der Waals surface area (Å²) in [6.45, 7) is 0. The first-order valence-corrected chi connectivity index (χ1v) is 13.7. The maximum absolute atomic E-state index is 11.4. The Hall–Kier alpha value is -3.07. The summed E-state index contributed by atoms with van der Waals surface area (Å²) in [6, 6.07) is 24.3. The maximum Gasteiger partial charge on any atom is 0.294 e. The highest BCUT2D eigenvalue weighted by Gasteiger charge is 2.13. The zero-order valence-electron chi connectivity index (χ0n) is 18.2. The van der Waals surface area contributed by atoms with Crippen molar-refractivity contribution in [1.29, 1.82) is 0 Å². The van der Waals surface area contributed by atoms with E-state index in [1.54, 1.807) is 36.4 Å². The standard InChI is InChI=1S/C24H18O9S3/c25-32-33-34-22-7-1-16(2-8-22)19-13-20(17-3-9-23(10-4-17)35(26,27)28)15-21(14-19)18-5-11-24(12-6-18)36(29,30)31/h1-15,25H,(H,26,27,28)(H,29,30,31). The Morgan fingerprint density at radius 2 is 0.861 bits per heavy atom. The van der Waals surface area contributed by atoms with Gasteiger partial charge >= 0.3 is 0 Å². The Morgan fingerprint density at radius 1 is 0.528 bits per heavy atom. The van der Waals surface area contributed by atoms with Gasteiger partial charge in [-0.3, -0.25) is 9.11 Å². The van der Waals surface area contributed by atoms with Crippen molar-refractivity contribution >= 4 is 32.3 Å². The van der Waals surface area contributed by atoms with E-state index in [0.29, 0.717) is 16.0 Å². The van der Waals surface area contributed by atoms with E-state index in [9.17, 15) is 25.9 Å². The van der Waals surface area contributed by atoms with E-state index in [1.165, 1.54) is 24.3 Å². The van der Waals surface area contributed by atoms with Crippen molar-refractivity contribution in [1.82, 2.24) is 0 Å². The summed E-state index contributed by atoms with van der Waals surface area (Å²) in [5.74, 6) is 0. The van der Waals surface area contributed by atoms with Crippen LogP contribution >= 0.6 is 12.0 Å². The molecule has 0 atom stereocenters. The monoisotopic (exact) mass is 546 g/mol. The molecular weight excluding hydrogens is 528 g/mol. The first kappa shape index (κ1) is 26.0. The van der Waals surface area contributed by atoms with E-state index in [0.717, 1.165) is 34.3 Å². The van der Waals surface area contributed by atoms with Crippen molar-refractivity contribution in [3.63, 3.8) is 0 Å². The Labute approximate surface area is 211 Å². The summed E-state index contributed by atoms with van der Waals surface area (Å²) < 4.78 is 68.6. The molecule has 0 aliphatic carbocycles. The molecule has 4 aromatic rings. The van der Waals surface area contributed by atoms with E-state index in [-0.39, 0.29) is 9.79 Å². The highest BCUT2D eigenvalue weighted by molar-refractivity contribution is 7.94. The van der Waals surface area contributed by atoms with E-state index in [2.05, 4.69) is 9.37 Å². The summed E-state index contributed by atoms with van der Waals surface area (Å²) in [4.78, 5) is 0.210. The molecular formula is C24H18O9S3. The molecule has 0 unspecified atom stereocenters. The zero-order chi connectivity index (χ0) is 25.9. The molecule has 3 N–H and O–H groups in total. The molecule has 0 aliphatic rings. The van der Waals surface area contributed by atoms with Gasteiger partial charge in [0, 0.05) is 4.90 Å². The lowest BCUT2D eigenvalue weighted by Crippen LogP contribution is -1.97. The van der Waals surface area contributed by atoms with Gasteiger partial charge in [0.25, 0.3) is 20.2 Å². The van der Waals surface area contributed by atoms with Crippen LogP contribution in [0.3, 0.4) is 0 Å². The largest absolute Gasteiger partial charge is 0.294 e. The van der Waals surface area contributed by atoms with Gasteiger partial charge in [-0.1, -0.05) is 41.4 Å². The number of hydrogen-bond donors (Lipinski definition) is 3. The van der Waals surface area contributed by atoms with Crippen LogP contribution in [-0.4, -0.2) is 31.2 Å². The van der Waals surface area contributed by atoms with Crippen LogP contribution in [0.25, 0.3) is 33.4 Å². The lowest BCUT2D eigenvalue weighted by atomic mass is 9.93. The molecule has 4 rings (SSSR count). The van der Waals surface area contributed by atoms with Crippen molar-refractivity contribution in [3.8, 4) is 33.4 Å². The second-order valence-electron chi connectivity index (χ2n) is 7.55. The fourth-order valence-corrected chi connectivity index (χ4v) is 4.84.